The van der Waals surface area contributed by atoms with Crippen LogP contribution in [0.3, 0.4) is 0 Å². The number of phenolic OH excluding ortho intramolecular Hbond substituents is 1. The first-order valence-corrected chi connectivity index (χ1v) is 5.12. The molecule has 0 aliphatic heterocycles. The quantitative estimate of drug-likeness (QED) is 0.834. The van der Waals surface area contributed by atoms with E-state index in [0.717, 1.165) is 6.42 Å². The Morgan fingerprint density at radius 2 is 2.19 bits per heavy atom. The van der Waals surface area contributed by atoms with Crippen LogP contribution in [0.1, 0.15) is 24.8 Å². The molecule has 16 heavy (non-hydrogen) atoms. The Morgan fingerprint density at radius 3 is 2.62 bits per heavy atom. The SMILES string of the molecule is COc1ccc(O)c(F)c1C1(C#N)CCC1. The van der Waals surface area contributed by atoms with Gasteiger partial charge in [-0.25, -0.2) is 4.39 Å². The van der Waals surface area contributed by atoms with Crippen LogP contribution in [0, 0.1) is 17.1 Å². The number of nitrogens with zero attached hydrogens (tertiary/aromatic N) is 1. The summed E-state index contributed by atoms with van der Waals surface area (Å²) >= 11 is 0. The van der Waals surface area contributed by atoms with Crippen LogP contribution in [0.2, 0.25) is 0 Å². The molecule has 0 radical (unpaired) electrons. The van der Waals surface area contributed by atoms with E-state index in [9.17, 15) is 14.8 Å². The first-order valence-electron chi connectivity index (χ1n) is 5.12. The highest BCUT2D eigenvalue weighted by atomic mass is 19.1. The monoisotopic (exact) mass is 221 g/mol. The van der Waals surface area contributed by atoms with E-state index in [1.165, 1.54) is 19.2 Å². The van der Waals surface area contributed by atoms with Crippen molar-refractivity contribution in [3.8, 4) is 17.6 Å². The van der Waals surface area contributed by atoms with Gasteiger partial charge in [-0.2, -0.15) is 5.26 Å². The van der Waals surface area contributed by atoms with E-state index >= 15 is 0 Å². The third kappa shape index (κ3) is 1.32. The molecule has 84 valence electrons. The maximum absolute atomic E-state index is 13.9. The molecule has 1 aromatic carbocycles. The third-order valence-corrected chi connectivity index (χ3v) is 3.20. The molecule has 0 unspecified atom stereocenters. The van der Waals surface area contributed by atoms with E-state index < -0.39 is 17.0 Å². The van der Waals surface area contributed by atoms with Crippen LogP contribution in [0.15, 0.2) is 12.1 Å². The number of hydrogen-bond donors (Lipinski definition) is 1. The van der Waals surface area contributed by atoms with Gasteiger partial charge >= 0.3 is 0 Å². The Kier molecular flexibility index (Phi) is 2.47. The number of aromatic hydroxyl groups is 1. The zero-order chi connectivity index (χ0) is 11.8. The van der Waals surface area contributed by atoms with Gasteiger partial charge in [0.15, 0.2) is 11.6 Å². The normalized spacial score (nSPS) is 17.3. The van der Waals surface area contributed by atoms with Crippen LogP contribution in [-0.4, -0.2) is 12.2 Å². The summed E-state index contributed by atoms with van der Waals surface area (Å²) in [6.45, 7) is 0. The molecule has 1 aliphatic rings. The van der Waals surface area contributed by atoms with E-state index in [1.807, 2.05) is 0 Å². The zero-order valence-corrected chi connectivity index (χ0v) is 8.96. The molecule has 0 aromatic heterocycles. The maximum atomic E-state index is 13.9. The number of nitriles is 1. The lowest BCUT2D eigenvalue weighted by Gasteiger charge is -2.36. The summed E-state index contributed by atoms with van der Waals surface area (Å²) < 4.78 is 18.9. The fourth-order valence-corrected chi connectivity index (χ4v) is 2.11. The molecule has 4 heteroatoms. The second kappa shape index (κ2) is 3.67. The Hall–Kier alpha value is -1.76. The van der Waals surface area contributed by atoms with Crippen molar-refractivity contribution in [1.82, 2.24) is 0 Å². The standard InChI is InChI=1S/C12H12FNO2/c1-16-9-4-3-8(15)11(13)10(9)12(7-14)5-2-6-12/h3-4,15H,2,5-6H2,1H3. The number of methoxy groups -OCH3 is 1. The highest BCUT2D eigenvalue weighted by Crippen LogP contribution is 2.49. The molecular weight excluding hydrogens is 209 g/mol. The fourth-order valence-electron chi connectivity index (χ4n) is 2.11. The van der Waals surface area contributed by atoms with Crippen LogP contribution >= 0.6 is 0 Å². The topological polar surface area (TPSA) is 53.2 Å². The van der Waals surface area contributed by atoms with Crippen molar-refractivity contribution in [2.24, 2.45) is 0 Å². The van der Waals surface area contributed by atoms with Gasteiger partial charge in [0.1, 0.15) is 5.75 Å². The van der Waals surface area contributed by atoms with Crippen molar-refractivity contribution in [1.29, 1.82) is 5.26 Å². The number of phenols is 1. The Bertz CT molecular complexity index is 461. The lowest BCUT2D eigenvalue weighted by molar-refractivity contribution is 0.290. The molecule has 0 atom stereocenters. The molecule has 0 amide bonds. The van der Waals surface area contributed by atoms with Gasteiger partial charge in [-0.15, -0.1) is 0 Å². The molecule has 3 nitrogen and oxygen atoms in total. The summed E-state index contributed by atoms with van der Waals surface area (Å²) in [6.07, 6.45) is 2.12. The first kappa shape index (κ1) is 10.7. The number of hydrogen-bond acceptors (Lipinski definition) is 3. The maximum Gasteiger partial charge on any atom is 0.173 e. The van der Waals surface area contributed by atoms with Crippen LogP contribution in [-0.2, 0) is 5.41 Å². The Balaban J connectivity index is 2.62. The van der Waals surface area contributed by atoms with Gasteiger partial charge < -0.3 is 9.84 Å². The van der Waals surface area contributed by atoms with E-state index in [0.29, 0.717) is 18.6 Å². The summed E-state index contributed by atoms with van der Waals surface area (Å²) in [5.41, 5.74) is -0.627. The number of ether oxygens (including phenoxy) is 1. The number of halogens is 1. The van der Waals surface area contributed by atoms with Crippen LogP contribution in [0.25, 0.3) is 0 Å². The molecule has 0 bridgehead atoms. The van der Waals surface area contributed by atoms with Gasteiger partial charge in [0.25, 0.3) is 0 Å². The molecule has 0 saturated heterocycles. The Labute approximate surface area is 93.1 Å². The van der Waals surface area contributed by atoms with E-state index in [2.05, 4.69) is 6.07 Å². The van der Waals surface area contributed by atoms with Crippen molar-refractivity contribution < 1.29 is 14.2 Å². The van der Waals surface area contributed by atoms with Crippen molar-refractivity contribution >= 4 is 0 Å². The zero-order valence-electron chi connectivity index (χ0n) is 8.96. The van der Waals surface area contributed by atoms with Gasteiger partial charge in [0, 0.05) is 0 Å². The summed E-state index contributed by atoms with van der Waals surface area (Å²) in [7, 11) is 1.43. The van der Waals surface area contributed by atoms with Crippen molar-refractivity contribution in [2.75, 3.05) is 7.11 Å². The molecule has 1 saturated carbocycles. The van der Waals surface area contributed by atoms with Crippen molar-refractivity contribution in [3.63, 3.8) is 0 Å². The molecular formula is C12H12FNO2. The molecule has 1 aromatic rings. The Morgan fingerprint density at radius 1 is 1.50 bits per heavy atom. The minimum Gasteiger partial charge on any atom is -0.505 e. The van der Waals surface area contributed by atoms with E-state index in [-0.39, 0.29) is 5.56 Å². The highest BCUT2D eigenvalue weighted by molar-refractivity contribution is 5.50. The average Bonchev–Trinajstić information content (AvgIpc) is 2.23. The predicted octanol–water partition coefficient (Wildman–Crippen LogP) is 2.49. The van der Waals surface area contributed by atoms with E-state index in [1.54, 1.807) is 0 Å². The van der Waals surface area contributed by atoms with Crippen LogP contribution in [0.5, 0.6) is 11.5 Å². The second-order valence-electron chi connectivity index (χ2n) is 4.02. The van der Waals surface area contributed by atoms with Crippen molar-refractivity contribution in [2.45, 2.75) is 24.7 Å². The largest absolute Gasteiger partial charge is 0.505 e. The lowest BCUT2D eigenvalue weighted by atomic mass is 9.65. The van der Waals surface area contributed by atoms with Gasteiger partial charge in [-0.1, -0.05) is 0 Å². The second-order valence-corrected chi connectivity index (χ2v) is 4.02. The summed E-state index contributed by atoms with van der Waals surface area (Å²) in [6, 6.07) is 4.87. The molecule has 1 aliphatic carbocycles. The lowest BCUT2D eigenvalue weighted by Crippen LogP contribution is -2.33. The van der Waals surface area contributed by atoms with E-state index in [4.69, 9.17) is 4.74 Å². The smallest absolute Gasteiger partial charge is 0.173 e. The number of rotatable bonds is 2. The molecule has 0 spiro atoms. The molecule has 1 N–H and O–H groups in total. The molecule has 1 fully saturated rings. The summed E-state index contributed by atoms with van der Waals surface area (Å²) in [4.78, 5) is 0. The predicted molar refractivity (Wildman–Crippen MR) is 55.8 cm³/mol. The van der Waals surface area contributed by atoms with Gasteiger partial charge in [-0.3, -0.25) is 0 Å². The highest BCUT2D eigenvalue weighted by Gasteiger charge is 2.44. The molecule has 0 heterocycles. The van der Waals surface area contributed by atoms with Gasteiger partial charge in [-0.05, 0) is 31.4 Å². The summed E-state index contributed by atoms with van der Waals surface area (Å²) in [5.74, 6) is -0.838. The summed E-state index contributed by atoms with van der Waals surface area (Å²) in [5, 5.41) is 18.5. The average molecular weight is 221 g/mol. The van der Waals surface area contributed by atoms with Crippen LogP contribution < -0.4 is 4.74 Å². The van der Waals surface area contributed by atoms with Gasteiger partial charge in [0.05, 0.1) is 24.2 Å². The van der Waals surface area contributed by atoms with Gasteiger partial charge in [0.2, 0.25) is 0 Å². The molecule has 2 rings (SSSR count). The first-order chi connectivity index (χ1) is 7.64. The minimum absolute atomic E-state index is 0.198. The van der Waals surface area contributed by atoms with Crippen molar-refractivity contribution in [3.05, 3.63) is 23.5 Å². The van der Waals surface area contributed by atoms with Crippen LogP contribution in [0.4, 0.5) is 4.39 Å². The number of benzene rings is 1. The minimum atomic E-state index is -0.825. The fraction of sp³-hybridized carbons (Fsp3) is 0.417. The third-order valence-electron chi connectivity index (χ3n) is 3.20.